The summed E-state index contributed by atoms with van der Waals surface area (Å²) in [5.74, 6) is -0.235. The predicted molar refractivity (Wildman–Crippen MR) is 189 cm³/mol. The van der Waals surface area contributed by atoms with Crippen molar-refractivity contribution in [3.8, 4) is 11.5 Å². The molecule has 294 valence electrons. The third kappa shape index (κ3) is 7.19. The number of halogens is 6. The summed E-state index contributed by atoms with van der Waals surface area (Å²) in [5, 5.41) is 2.68. The van der Waals surface area contributed by atoms with Crippen LogP contribution in [-0.2, 0) is 32.1 Å². The van der Waals surface area contributed by atoms with E-state index in [2.05, 4.69) is 5.32 Å². The van der Waals surface area contributed by atoms with E-state index in [1.807, 2.05) is 0 Å². The van der Waals surface area contributed by atoms with Gasteiger partial charge in [0, 0.05) is 36.4 Å². The van der Waals surface area contributed by atoms with Crippen molar-refractivity contribution < 1.29 is 54.9 Å². The van der Waals surface area contributed by atoms with Crippen LogP contribution in [0.4, 0.5) is 36.8 Å². The Kier molecular flexibility index (Phi) is 10.6. The SMILES string of the molecule is C/C=C\c1cc(C(OCc2ccccc2)(C(F)(F)F)C(F)(F)F)ccc1N1C[C@@H](C)N(C(=O)CN2C(=O)N[C@@](C)(c3ccc4c(c3)OCCO4)C2=O)CC1C. The monoisotopic (exact) mass is 774 g/mol. The van der Waals surface area contributed by atoms with Crippen molar-refractivity contribution in [2.24, 2.45) is 0 Å². The molecule has 3 aromatic rings. The Morgan fingerprint density at radius 1 is 0.909 bits per heavy atom. The topological polar surface area (TPSA) is 101 Å². The van der Waals surface area contributed by atoms with Crippen LogP contribution in [0, 0.1) is 0 Å². The van der Waals surface area contributed by atoms with Gasteiger partial charge in [-0.15, -0.1) is 0 Å². The number of allylic oxidation sites excluding steroid dienone is 1. The molecule has 0 saturated carbocycles. The summed E-state index contributed by atoms with van der Waals surface area (Å²) in [7, 11) is 0. The Bertz CT molecular complexity index is 1960. The van der Waals surface area contributed by atoms with Crippen molar-refractivity contribution in [1.82, 2.24) is 15.1 Å². The van der Waals surface area contributed by atoms with E-state index in [0.717, 1.165) is 17.0 Å². The maximum Gasteiger partial charge on any atom is 0.430 e. The molecular weight excluding hydrogens is 734 g/mol. The number of carbonyl (C=O) groups is 3. The summed E-state index contributed by atoms with van der Waals surface area (Å²) in [6.07, 6.45) is -8.84. The maximum absolute atomic E-state index is 14.7. The zero-order valence-electron chi connectivity index (χ0n) is 30.5. The Morgan fingerprint density at radius 2 is 1.58 bits per heavy atom. The number of urea groups is 1. The van der Waals surface area contributed by atoms with Crippen LogP contribution in [0.1, 0.15) is 49.9 Å². The van der Waals surface area contributed by atoms with Crippen LogP contribution in [0.25, 0.3) is 6.08 Å². The molecule has 0 spiro atoms. The smallest absolute Gasteiger partial charge is 0.430 e. The lowest BCUT2D eigenvalue weighted by Gasteiger charge is -2.46. The Balaban J connectivity index is 1.22. The molecule has 3 aliphatic heterocycles. The lowest BCUT2D eigenvalue weighted by atomic mass is 9.89. The summed E-state index contributed by atoms with van der Waals surface area (Å²) in [6.45, 7) is 6.00. The second-order valence-electron chi connectivity index (χ2n) is 13.9. The molecule has 6 rings (SSSR count). The van der Waals surface area contributed by atoms with Crippen molar-refractivity contribution in [3.63, 3.8) is 0 Å². The summed E-state index contributed by atoms with van der Waals surface area (Å²) in [5.41, 5.74) is -6.25. The lowest BCUT2D eigenvalue weighted by Crippen LogP contribution is -2.60. The third-order valence-corrected chi connectivity index (χ3v) is 10.2. The average molecular weight is 775 g/mol. The normalized spacial score (nSPS) is 22.0. The number of fused-ring (bicyclic) bond motifs is 1. The van der Waals surface area contributed by atoms with Crippen molar-refractivity contribution in [3.05, 3.63) is 95.1 Å². The fourth-order valence-corrected chi connectivity index (χ4v) is 7.28. The van der Waals surface area contributed by atoms with Gasteiger partial charge < -0.3 is 29.3 Å². The van der Waals surface area contributed by atoms with Crippen LogP contribution in [0.5, 0.6) is 11.5 Å². The van der Waals surface area contributed by atoms with Crippen molar-refractivity contribution in [1.29, 1.82) is 0 Å². The molecule has 16 heteroatoms. The number of nitrogens with one attached hydrogen (secondary N) is 1. The zero-order chi connectivity index (χ0) is 39.9. The summed E-state index contributed by atoms with van der Waals surface area (Å²) in [6, 6.07) is 13.2. The zero-order valence-corrected chi connectivity index (χ0v) is 30.5. The number of carbonyl (C=O) groups excluding carboxylic acids is 3. The first-order chi connectivity index (χ1) is 25.9. The van der Waals surface area contributed by atoms with Crippen LogP contribution >= 0.6 is 0 Å². The molecule has 10 nitrogen and oxygen atoms in total. The van der Waals surface area contributed by atoms with E-state index in [1.165, 1.54) is 54.3 Å². The van der Waals surface area contributed by atoms with Crippen LogP contribution in [-0.4, -0.2) is 84.9 Å². The van der Waals surface area contributed by atoms with E-state index < -0.39 is 72.1 Å². The van der Waals surface area contributed by atoms with Gasteiger partial charge in [0.25, 0.3) is 11.5 Å². The number of ether oxygens (including phenoxy) is 3. The molecule has 3 aromatic carbocycles. The highest BCUT2D eigenvalue weighted by Crippen LogP contribution is 2.54. The number of alkyl halides is 6. The standard InChI is InChI=1S/C39H40F6N4O6/c1-5-9-27-18-29(37(38(40,41)42,39(43,44)45)55-23-26-10-7-6-8-11-26)12-14-30(27)47-20-25(3)48(21-24(47)2)33(50)22-49-34(51)36(4,46-35(49)52)28-13-15-31-32(19-28)54-17-16-53-31/h5-15,18-19,24-25H,16-17,20-23H2,1-4H3,(H,46,52)/b9-5-/t24?,25-,36+/m1/s1. The fraction of sp³-hybridized carbons (Fsp3) is 0.410. The first-order valence-electron chi connectivity index (χ1n) is 17.6. The van der Waals surface area contributed by atoms with E-state index in [-0.39, 0.29) is 24.2 Å². The van der Waals surface area contributed by atoms with Gasteiger partial charge in [-0.2, -0.15) is 26.3 Å². The Hall–Kier alpha value is -5.25. The number of benzene rings is 3. The third-order valence-electron chi connectivity index (χ3n) is 10.2. The molecule has 2 fully saturated rings. The van der Waals surface area contributed by atoms with Gasteiger partial charge in [-0.25, -0.2) is 4.79 Å². The molecule has 1 unspecified atom stereocenters. The highest BCUT2D eigenvalue weighted by molar-refractivity contribution is 6.09. The van der Waals surface area contributed by atoms with Gasteiger partial charge in [0.1, 0.15) is 25.3 Å². The van der Waals surface area contributed by atoms with Crippen LogP contribution in [0.2, 0.25) is 0 Å². The first-order valence-corrected chi connectivity index (χ1v) is 17.6. The predicted octanol–water partition coefficient (Wildman–Crippen LogP) is 6.92. The number of rotatable bonds is 9. The van der Waals surface area contributed by atoms with Crippen LogP contribution in [0.15, 0.2) is 72.8 Å². The highest BCUT2D eigenvalue weighted by Gasteiger charge is 2.73. The molecule has 2 saturated heterocycles. The number of piperazine rings is 1. The van der Waals surface area contributed by atoms with Gasteiger partial charge in [-0.1, -0.05) is 54.6 Å². The van der Waals surface area contributed by atoms with Crippen molar-refractivity contribution in [2.75, 3.05) is 37.7 Å². The van der Waals surface area contributed by atoms with Crippen LogP contribution < -0.4 is 19.7 Å². The number of imide groups is 1. The van der Waals surface area contributed by atoms with E-state index >= 15 is 0 Å². The van der Waals surface area contributed by atoms with Crippen molar-refractivity contribution >= 4 is 29.6 Å². The minimum atomic E-state index is -5.88. The van der Waals surface area contributed by atoms with Crippen molar-refractivity contribution in [2.45, 2.75) is 69.9 Å². The average Bonchev–Trinajstić information content (AvgIpc) is 3.35. The van der Waals surface area contributed by atoms with Gasteiger partial charge in [0.15, 0.2) is 11.5 Å². The first kappa shape index (κ1) is 39.4. The molecule has 1 N–H and O–H groups in total. The quantitative estimate of drug-likeness (QED) is 0.186. The number of nitrogens with zero attached hydrogens (tertiary/aromatic N) is 3. The molecule has 3 aliphatic rings. The molecule has 0 bridgehead atoms. The number of hydrogen-bond donors (Lipinski definition) is 1. The van der Waals surface area contributed by atoms with E-state index in [9.17, 15) is 40.7 Å². The summed E-state index contributed by atoms with van der Waals surface area (Å²) >= 11 is 0. The Morgan fingerprint density at radius 3 is 2.24 bits per heavy atom. The maximum atomic E-state index is 14.7. The van der Waals surface area contributed by atoms with Gasteiger partial charge >= 0.3 is 18.4 Å². The highest BCUT2D eigenvalue weighted by atomic mass is 19.4. The molecule has 3 atom stereocenters. The second kappa shape index (κ2) is 14.8. The minimum absolute atomic E-state index is 0.0787. The van der Waals surface area contributed by atoms with Gasteiger partial charge in [0.05, 0.1) is 6.61 Å². The van der Waals surface area contributed by atoms with Gasteiger partial charge in [0.2, 0.25) is 5.91 Å². The molecule has 0 aromatic heterocycles. The summed E-state index contributed by atoms with van der Waals surface area (Å²) < 4.78 is 104. The Labute approximate surface area is 313 Å². The number of amides is 4. The molecule has 0 aliphatic carbocycles. The fourth-order valence-electron chi connectivity index (χ4n) is 7.28. The number of anilines is 1. The molecule has 55 heavy (non-hydrogen) atoms. The van der Waals surface area contributed by atoms with E-state index in [1.54, 1.807) is 49.9 Å². The summed E-state index contributed by atoms with van der Waals surface area (Å²) in [4.78, 5) is 44.6. The minimum Gasteiger partial charge on any atom is -0.486 e. The lowest BCUT2D eigenvalue weighted by molar-refractivity contribution is -0.392. The van der Waals surface area contributed by atoms with Crippen LogP contribution in [0.3, 0.4) is 0 Å². The molecule has 4 amide bonds. The molecule has 0 radical (unpaired) electrons. The number of hydrogen-bond acceptors (Lipinski definition) is 7. The van der Waals surface area contributed by atoms with Gasteiger partial charge in [-0.05, 0) is 68.7 Å². The van der Waals surface area contributed by atoms with E-state index in [4.69, 9.17) is 14.2 Å². The van der Waals surface area contributed by atoms with Gasteiger partial charge in [-0.3, -0.25) is 14.5 Å². The second-order valence-corrected chi connectivity index (χ2v) is 13.9. The molecule has 3 heterocycles. The molecular formula is C39H40F6N4O6. The largest absolute Gasteiger partial charge is 0.486 e. The van der Waals surface area contributed by atoms with E-state index in [0.29, 0.717) is 36.0 Å².